The second-order valence-corrected chi connectivity index (χ2v) is 8.40. The highest BCUT2D eigenvalue weighted by molar-refractivity contribution is 14.0. The van der Waals surface area contributed by atoms with Crippen LogP contribution in [0.25, 0.3) is 0 Å². The van der Waals surface area contributed by atoms with Gasteiger partial charge in [-0.25, -0.2) is 13.1 Å². The van der Waals surface area contributed by atoms with E-state index in [0.29, 0.717) is 19.0 Å². The largest absolute Gasteiger partial charge is 0.355 e. The molecule has 0 bridgehead atoms. The fourth-order valence-electron chi connectivity index (χ4n) is 3.16. The standard InChI is InChI=1S/C17H26N4O2S.HI/c1-18-17(21-11-9-15-7-2-3-8-16(15)21)19-10-12-24(22,23)20-13-14-5-4-6-14;/h2-3,7-8,14,20H,4-6,9-13H2,1H3,(H,18,19);1H. The fraction of sp³-hybridized carbons (Fsp3) is 0.588. The normalized spacial score (nSPS) is 17.6. The summed E-state index contributed by atoms with van der Waals surface area (Å²) in [5.41, 5.74) is 2.45. The predicted molar refractivity (Wildman–Crippen MR) is 113 cm³/mol. The molecule has 0 atom stereocenters. The van der Waals surface area contributed by atoms with E-state index in [0.717, 1.165) is 37.5 Å². The molecular formula is C17H27IN4O2S. The first-order valence-corrected chi connectivity index (χ1v) is 10.3. The van der Waals surface area contributed by atoms with Gasteiger partial charge in [0.25, 0.3) is 0 Å². The zero-order valence-corrected chi connectivity index (χ0v) is 17.7. The van der Waals surface area contributed by atoms with Crippen LogP contribution in [-0.2, 0) is 16.4 Å². The number of halogens is 1. The van der Waals surface area contributed by atoms with Crippen molar-refractivity contribution in [3.8, 4) is 0 Å². The fourth-order valence-corrected chi connectivity index (χ4v) is 4.17. The van der Waals surface area contributed by atoms with Crippen molar-refractivity contribution in [2.75, 3.05) is 37.3 Å². The molecule has 1 aliphatic heterocycles. The number of sulfonamides is 1. The van der Waals surface area contributed by atoms with Crippen molar-refractivity contribution in [1.29, 1.82) is 0 Å². The molecule has 0 radical (unpaired) electrons. The smallest absolute Gasteiger partial charge is 0.213 e. The Morgan fingerprint density at radius 1 is 1.32 bits per heavy atom. The first kappa shape index (κ1) is 20.4. The first-order valence-electron chi connectivity index (χ1n) is 8.62. The van der Waals surface area contributed by atoms with Gasteiger partial charge in [-0.2, -0.15) is 0 Å². The number of hydrogen-bond donors (Lipinski definition) is 2. The third-order valence-electron chi connectivity index (χ3n) is 4.83. The molecule has 1 fully saturated rings. The van der Waals surface area contributed by atoms with Crippen LogP contribution in [0.1, 0.15) is 24.8 Å². The van der Waals surface area contributed by atoms with E-state index in [2.05, 4.69) is 32.1 Å². The van der Waals surface area contributed by atoms with Gasteiger partial charge >= 0.3 is 0 Å². The summed E-state index contributed by atoms with van der Waals surface area (Å²) in [7, 11) is -1.50. The van der Waals surface area contributed by atoms with Gasteiger partial charge in [-0.15, -0.1) is 24.0 Å². The molecule has 1 aliphatic carbocycles. The molecule has 3 rings (SSSR count). The number of rotatable bonds is 6. The SMILES string of the molecule is CN=C(NCCS(=O)(=O)NCC1CCC1)N1CCc2ccccc21.I. The first-order chi connectivity index (χ1) is 11.6. The van der Waals surface area contributed by atoms with E-state index in [4.69, 9.17) is 0 Å². The van der Waals surface area contributed by atoms with Crippen LogP contribution >= 0.6 is 24.0 Å². The molecule has 140 valence electrons. The van der Waals surface area contributed by atoms with E-state index in [1.165, 1.54) is 12.0 Å². The summed E-state index contributed by atoms with van der Waals surface area (Å²) in [6.45, 7) is 1.80. The van der Waals surface area contributed by atoms with Crippen molar-refractivity contribution in [3.63, 3.8) is 0 Å². The van der Waals surface area contributed by atoms with Gasteiger partial charge in [-0.05, 0) is 36.8 Å². The van der Waals surface area contributed by atoms with Crippen molar-refractivity contribution in [2.24, 2.45) is 10.9 Å². The van der Waals surface area contributed by atoms with E-state index in [1.54, 1.807) is 7.05 Å². The highest BCUT2D eigenvalue weighted by atomic mass is 127. The van der Waals surface area contributed by atoms with Crippen molar-refractivity contribution < 1.29 is 8.42 Å². The number of hydrogen-bond acceptors (Lipinski definition) is 3. The van der Waals surface area contributed by atoms with Gasteiger partial charge in [0.15, 0.2) is 5.96 Å². The molecule has 0 saturated heterocycles. The van der Waals surface area contributed by atoms with Crippen molar-refractivity contribution in [1.82, 2.24) is 10.0 Å². The number of anilines is 1. The molecule has 25 heavy (non-hydrogen) atoms. The number of nitrogens with zero attached hydrogens (tertiary/aromatic N) is 2. The van der Waals surface area contributed by atoms with Gasteiger partial charge in [0.1, 0.15) is 0 Å². The molecule has 1 aromatic carbocycles. The van der Waals surface area contributed by atoms with E-state index in [-0.39, 0.29) is 29.7 Å². The van der Waals surface area contributed by atoms with Crippen LogP contribution in [-0.4, -0.2) is 46.8 Å². The Hall–Kier alpha value is -0.870. The number of aliphatic imine (C=N–C) groups is 1. The third-order valence-corrected chi connectivity index (χ3v) is 6.17. The van der Waals surface area contributed by atoms with Crippen LogP contribution in [0.4, 0.5) is 5.69 Å². The summed E-state index contributed by atoms with van der Waals surface area (Å²) in [5.74, 6) is 1.32. The lowest BCUT2D eigenvalue weighted by molar-refractivity contribution is 0.316. The predicted octanol–water partition coefficient (Wildman–Crippen LogP) is 1.96. The molecule has 0 amide bonds. The number of para-hydroxylation sites is 1. The Morgan fingerprint density at radius 2 is 2.08 bits per heavy atom. The van der Waals surface area contributed by atoms with Gasteiger partial charge in [-0.1, -0.05) is 24.6 Å². The molecule has 0 spiro atoms. The lowest BCUT2D eigenvalue weighted by Gasteiger charge is -2.25. The molecule has 2 aliphatic rings. The topological polar surface area (TPSA) is 73.8 Å². The molecular weight excluding hydrogens is 451 g/mol. The summed E-state index contributed by atoms with van der Waals surface area (Å²) < 4.78 is 26.8. The maximum absolute atomic E-state index is 12.1. The Labute approximate surface area is 167 Å². The molecule has 2 N–H and O–H groups in total. The maximum atomic E-state index is 12.1. The highest BCUT2D eigenvalue weighted by Gasteiger charge is 2.23. The van der Waals surface area contributed by atoms with Crippen molar-refractivity contribution >= 4 is 45.6 Å². The zero-order chi connectivity index (χ0) is 17.0. The summed E-state index contributed by atoms with van der Waals surface area (Å²) in [6.07, 6.45) is 4.49. The summed E-state index contributed by atoms with van der Waals surface area (Å²) in [4.78, 5) is 6.42. The second-order valence-electron chi connectivity index (χ2n) is 6.47. The maximum Gasteiger partial charge on any atom is 0.213 e. The minimum Gasteiger partial charge on any atom is -0.355 e. The second kappa shape index (κ2) is 9.18. The number of fused-ring (bicyclic) bond motifs is 1. The Bertz CT molecular complexity index is 704. The molecule has 1 aromatic rings. The van der Waals surface area contributed by atoms with Crippen LogP contribution < -0.4 is 14.9 Å². The van der Waals surface area contributed by atoms with Crippen LogP contribution in [0.5, 0.6) is 0 Å². The van der Waals surface area contributed by atoms with Gasteiger partial charge in [0, 0.05) is 32.4 Å². The van der Waals surface area contributed by atoms with Gasteiger partial charge < -0.3 is 10.2 Å². The van der Waals surface area contributed by atoms with Crippen LogP contribution in [0, 0.1) is 5.92 Å². The minimum absolute atomic E-state index is 0. The minimum atomic E-state index is -3.23. The summed E-state index contributed by atoms with van der Waals surface area (Å²) >= 11 is 0. The Kier molecular flexibility index (Phi) is 7.51. The van der Waals surface area contributed by atoms with Crippen LogP contribution in [0.3, 0.4) is 0 Å². The van der Waals surface area contributed by atoms with Crippen molar-refractivity contribution in [3.05, 3.63) is 29.8 Å². The molecule has 1 heterocycles. The Morgan fingerprint density at radius 3 is 2.76 bits per heavy atom. The van der Waals surface area contributed by atoms with Crippen LogP contribution in [0.2, 0.25) is 0 Å². The van der Waals surface area contributed by atoms with E-state index < -0.39 is 10.0 Å². The lowest BCUT2D eigenvalue weighted by atomic mass is 9.86. The third kappa shape index (κ3) is 5.30. The average molecular weight is 478 g/mol. The van der Waals surface area contributed by atoms with E-state index in [9.17, 15) is 8.42 Å². The summed E-state index contributed by atoms with van der Waals surface area (Å²) in [5, 5.41) is 3.18. The molecule has 0 unspecified atom stereocenters. The van der Waals surface area contributed by atoms with Gasteiger partial charge in [-0.3, -0.25) is 4.99 Å². The summed E-state index contributed by atoms with van der Waals surface area (Å²) in [6, 6.07) is 8.25. The van der Waals surface area contributed by atoms with Gasteiger partial charge in [0.2, 0.25) is 10.0 Å². The van der Waals surface area contributed by atoms with Gasteiger partial charge in [0.05, 0.1) is 5.75 Å². The lowest BCUT2D eigenvalue weighted by Crippen LogP contribution is -2.43. The van der Waals surface area contributed by atoms with E-state index in [1.807, 2.05) is 12.1 Å². The van der Waals surface area contributed by atoms with E-state index >= 15 is 0 Å². The molecule has 6 nitrogen and oxygen atoms in total. The quantitative estimate of drug-likeness (QED) is 0.373. The molecule has 1 saturated carbocycles. The average Bonchev–Trinajstić information content (AvgIpc) is 2.94. The zero-order valence-electron chi connectivity index (χ0n) is 14.6. The Balaban J connectivity index is 0.00000225. The number of guanidine groups is 1. The van der Waals surface area contributed by atoms with Crippen molar-refractivity contribution in [2.45, 2.75) is 25.7 Å². The molecule has 0 aromatic heterocycles. The number of benzene rings is 1. The van der Waals surface area contributed by atoms with Crippen LogP contribution in [0.15, 0.2) is 29.3 Å². The highest BCUT2D eigenvalue weighted by Crippen LogP contribution is 2.27. The number of nitrogens with one attached hydrogen (secondary N) is 2. The molecule has 8 heteroatoms. The monoisotopic (exact) mass is 478 g/mol.